The van der Waals surface area contributed by atoms with Gasteiger partial charge in [-0.05, 0) is 30.2 Å². The molecule has 0 radical (unpaired) electrons. The van der Waals surface area contributed by atoms with Crippen LogP contribution in [-0.4, -0.2) is 24.4 Å². The van der Waals surface area contributed by atoms with Crippen molar-refractivity contribution in [2.24, 2.45) is 0 Å². The average molecular weight is 344 g/mol. The van der Waals surface area contributed by atoms with Crippen molar-refractivity contribution in [1.82, 2.24) is 9.72 Å². The van der Waals surface area contributed by atoms with E-state index in [1.807, 2.05) is 31.2 Å². The first-order valence-electron chi connectivity index (χ1n) is 7.28. The first-order chi connectivity index (χ1) is 11.4. The third kappa shape index (κ3) is 3.16. The van der Waals surface area contributed by atoms with Gasteiger partial charge in [0.25, 0.3) is 0 Å². The smallest absolute Gasteiger partial charge is 0.295 e. The lowest BCUT2D eigenvalue weighted by atomic mass is 10.1. The third-order valence-corrected chi connectivity index (χ3v) is 4.89. The Labute approximate surface area is 139 Å². The molecule has 6 nitrogen and oxygen atoms in total. The van der Waals surface area contributed by atoms with Gasteiger partial charge in [0.15, 0.2) is 15.7 Å². The molecule has 124 valence electrons. The lowest BCUT2D eigenvalue weighted by Gasteiger charge is -2.07. The molecular weight excluding hydrogens is 328 g/mol. The lowest BCUT2D eigenvalue weighted by molar-refractivity contribution is 0.378. The van der Waals surface area contributed by atoms with E-state index in [9.17, 15) is 13.2 Å². The van der Waals surface area contributed by atoms with Crippen molar-refractivity contribution in [3.05, 3.63) is 70.2 Å². The zero-order valence-corrected chi connectivity index (χ0v) is 14.1. The standard InChI is InChI=1S/C17H16N2O4S/c1-12-5-3-4-6-15(12)16-18-23-17(20)19(16)11-13-7-9-14(10-8-13)24(2,21)22/h3-10H,11H2,1-2H3. The number of hydrogen-bond acceptors (Lipinski definition) is 5. The Morgan fingerprint density at radius 1 is 1.08 bits per heavy atom. The van der Waals surface area contributed by atoms with E-state index in [1.54, 1.807) is 12.1 Å². The van der Waals surface area contributed by atoms with Crippen molar-refractivity contribution in [2.45, 2.75) is 18.4 Å². The van der Waals surface area contributed by atoms with Crippen molar-refractivity contribution in [1.29, 1.82) is 0 Å². The fourth-order valence-corrected chi connectivity index (χ4v) is 3.08. The Balaban J connectivity index is 1.99. The molecule has 0 saturated heterocycles. The number of aromatic nitrogens is 2. The van der Waals surface area contributed by atoms with E-state index < -0.39 is 15.6 Å². The van der Waals surface area contributed by atoms with Crippen molar-refractivity contribution in [3.63, 3.8) is 0 Å². The Morgan fingerprint density at radius 2 is 1.75 bits per heavy atom. The van der Waals surface area contributed by atoms with Gasteiger partial charge in [0, 0.05) is 11.8 Å². The molecule has 0 atom stereocenters. The summed E-state index contributed by atoms with van der Waals surface area (Å²) in [4.78, 5) is 12.2. The van der Waals surface area contributed by atoms with Crippen LogP contribution in [0.1, 0.15) is 11.1 Å². The second-order valence-corrected chi connectivity index (χ2v) is 7.61. The largest absolute Gasteiger partial charge is 0.442 e. The van der Waals surface area contributed by atoms with Gasteiger partial charge in [0.05, 0.1) is 11.4 Å². The molecule has 0 N–H and O–H groups in total. The van der Waals surface area contributed by atoms with Crippen LogP contribution < -0.4 is 5.76 Å². The van der Waals surface area contributed by atoms with Gasteiger partial charge in [-0.25, -0.2) is 13.2 Å². The Morgan fingerprint density at radius 3 is 2.38 bits per heavy atom. The topological polar surface area (TPSA) is 82.2 Å². The quantitative estimate of drug-likeness (QED) is 0.725. The highest BCUT2D eigenvalue weighted by Crippen LogP contribution is 2.21. The molecule has 0 fully saturated rings. The Bertz CT molecular complexity index is 1030. The molecule has 0 saturated carbocycles. The number of aryl methyl sites for hydroxylation is 1. The summed E-state index contributed by atoms with van der Waals surface area (Å²) in [6.07, 6.45) is 1.16. The SMILES string of the molecule is Cc1ccccc1-c1noc(=O)n1Cc1ccc(S(C)(=O)=O)cc1. The van der Waals surface area contributed by atoms with Crippen molar-refractivity contribution in [3.8, 4) is 11.4 Å². The molecular formula is C17H16N2O4S. The maximum Gasteiger partial charge on any atom is 0.442 e. The second kappa shape index (κ2) is 6.09. The lowest BCUT2D eigenvalue weighted by Crippen LogP contribution is -2.16. The second-order valence-electron chi connectivity index (χ2n) is 5.59. The van der Waals surface area contributed by atoms with Gasteiger partial charge in [0.2, 0.25) is 0 Å². The number of rotatable bonds is 4. The summed E-state index contributed by atoms with van der Waals surface area (Å²) in [5.41, 5.74) is 2.57. The molecule has 0 aliphatic rings. The van der Waals surface area contributed by atoms with E-state index in [0.717, 1.165) is 22.9 Å². The van der Waals surface area contributed by atoms with E-state index in [2.05, 4.69) is 5.16 Å². The summed E-state index contributed by atoms with van der Waals surface area (Å²) < 4.78 is 29.3. The first kappa shape index (κ1) is 16.2. The maximum absolute atomic E-state index is 12.0. The zero-order valence-electron chi connectivity index (χ0n) is 13.3. The normalized spacial score (nSPS) is 11.6. The summed E-state index contributed by atoms with van der Waals surface area (Å²) >= 11 is 0. The van der Waals surface area contributed by atoms with Crippen LogP contribution in [0, 0.1) is 6.92 Å². The zero-order chi connectivity index (χ0) is 17.3. The summed E-state index contributed by atoms with van der Waals surface area (Å²) in [6, 6.07) is 14.0. The van der Waals surface area contributed by atoms with Crippen LogP contribution in [0.15, 0.2) is 62.7 Å². The predicted octanol–water partition coefficient (Wildman–Crippen LogP) is 2.26. The molecule has 3 aromatic rings. The van der Waals surface area contributed by atoms with Crippen LogP contribution in [0.3, 0.4) is 0 Å². The Hall–Kier alpha value is -2.67. The molecule has 3 rings (SSSR count). The van der Waals surface area contributed by atoms with E-state index >= 15 is 0 Å². The summed E-state index contributed by atoms with van der Waals surface area (Å²) in [7, 11) is -3.25. The van der Waals surface area contributed by atoms with Crippen LogP contribution in [-0.2, 0) is 16.4 Å². The van der Waals surface area contributed by atoms with Crippen molar-refractivity contribution >= 4 is 9.84 Å². The molecule has 0 bridgehead atoms. The van der Waals surface area contributed by atoms with E-state index in [0.29, 0.717) is 5.82 Å². The number of sulfone groups is 1. The molecule has 1 heterocycles. The van der Waals surface area contributed by atoms with Crippen molar-refractivity contribution < 1.29 is 12.9 Å². The highest BCUT2D eigenvalue weighted by molar-refractivity contribution is 7.90. The van der Waals surface area contributed by atoms with Gasteiger partial charge in [0.1, 0.15) is 0 Å². The third-order valence-electron chi connectivity index (χ3n) is 3.76. The molecule has 0 aliphatic carbocycles. The minimum absolute atomic E-state index is 0.239. The van der Waals surface area contributed by atoms with Gasteiger partial charge < -0.3 is 0 Å². The Kier molecular flexibility index (Phi) is 4.11. The van der Waals surface area contributed by atoms with Gasteiger partial charge in [-0.1, -0.05) is 41.6 Å². The average Bonchev–Trinajstić information content (AvgIpc) is 2.89. The maximum atomic E-state index is 12.0. The van der Waals surface area contributed by atoms with Crippen LogP contribution >= 0.6 is 0 Å². The van der Waals surface area contributed by atoms with Crippen LogP contribution in [0.25, 0.3) is 11.4 Å². The van der Waals surface area contributed by atoms with Gasteiger partial charge >= 0.3 is 5.76 Å². The molecule has 7 heteroatoms. The fourth-order valence-electron chi connectivity index (χ4n) is 2.45. The van der Waals surface area contributed by atoms with Gasteiger partial charge in [-0.2, -0.15) is 0 Å². The summed E-state index contributed by atoms with van der Waals surface area (Å²) in [5.74, 6) is -0.106. The molecule has 0 amide bonds. The molecule has 0 spiro atoms. The minimum atomic E-state index is -3.25. The van der Waals surface area contributed by atoms with Gasteiger partial charge in [-0.3, -0.25) is 9.09 Å². The highest BCUT2D eigenvalue weighted by Gasteiger charge is 2.15. The van der Waals surface area contributed by atoms with Crippen molar-refractivity contribution in [2.75, 3.05) is 6.26 Å². The number of benzene rings is 2. The van der Waals surface area contributed by atoms with Gasteiger partial charge in [-0.15, -0.1) is 0 Å². The van der Waals surface area contributed by atoms with Crippen LogP contribution in [0.5, 0.6) is 0 Å². The number of nitrogens with zero attached hydrogens (tertiary/aromatic N) is 2. The molecule has 1 aromatic heterocycles. The molecule has 2 aromatic carbocycles. The summed E-state index contributed by atoms with van der Waals surface area (Å²) in [5, 5.41) is 3.88. The van der Waals surface area contributed by atoms with E-state index in [4.69, 9.17) is 4.52 Å². The predicted molar refractivity (Wildman–Crippen MR) is 89.6 cm³/mol. The van der Waals surface area contributed by atoms with E-state index in [-0.39, 0.29) is 11.4 Å². The molecule has 24 heavy (non-hydrogen) atoms. The van der Waals surface area contributed by atoms with Crippen LogP contribution in [0.4, 0.5) is 0 Å². The highest BCUT2D eigenvalue weighted by atomic mass is 32.2. The summed E-state index contributed by atoms with van der Waals surface area (Å²) in [6.45, 7) is 2.18. The molecule has 0 unspecified atom stereocenters. The minimum Gasteiger partial charge on any atom is -0.295 e. The fraction of sp³-hybridized carbons (Fsp3) is 0.176. The van der Waals surface area contributed by atoms with Crippen LogP contribution in [0.2, 0.25) is 0 Å². The molecule has 0 aliphatic heterocycles. The van der Waals surface area contributed by atoms with E-state index in [1.165, 1.54) is 16.7 Å². The monoisotopic (exact) mass is 344 g/mol. The first-order valence-corrected chi connectivity index (χ1v) is 9.17. The number of hydrogen-bond donors (Lipinski definition) is 0.